The highest BCUT2D eigenvalue weighted by atomic mass is 19.1. The number of aromatic nitrogens is 4. The van der Waals surface area contributed by atoms with Crippen molar-refractivity contribution in [2.45, 2.75) is 114 Å². The van der Waals surface area contributed by atoms with E-state index < -0.39 is 5.41 Å². The third-order valence-corrected chi connectivity index (χ3v) is 17.9. The number of likely N-dealkylation sites (tertiary alicyclic amines) is 3. The molecule has 76 heavy (non-hydrogen) atoms. The number of pyridine rings is 2. The molecule has 5 amide bonds. The molecule has 17 nitrogen and oxygen atoms in total. The number of fused-ring (bicyclic) bond motifs is 3. The van der Waals surface area contributed by atoms with Gasteiger partial charge in [-0.3, -0.25) is 34.2 Å². The molecule has 0 radical (unpaired) electrons. The third-order valence-electron chi connectivity index (χ3n) is 17.9. The minimum atomic E-state index is -0.744. The summed E-state index contributed by atoms with van der Waals surface area (Å²) >= 11 is 0. The van der Waals surface area contributed by atoms with E-state index in [0.29, 0.717) is 94.5 Å². The first-order valence-electron chi connectivity index (χ1n) is 27.9. The fraction of sp³-hybridized carbons (Fsp3) is 0.517. The van der Waals surface area contributed by atoms with Crippen molar-refractivity contribution in [2.24, 2.45) is 5.92 Å². The smallest absolute Gasteiger partial charge is 0.238 e. The van der Waals surface area contributed by atoms with Crippen LogP contribution in [0.5, 0.6) is 0 Å². The van der Waals surface area contributed by atoms with E-state index in [4.69, 9.17) is 9.97 Å². The molecule has 1 saturated carbocycles. The van der Waals surface area contributed by atoms with Gasteiger partial charge >= 0.3 is 0 Å². The number of carbonyl (C=O) groups is 5. The van der Waals surface area contributed by atoms with Crippen LogP contribution in [-0.2, 0) is 29.4 Å². The molecule has 1 unspecified atom stereocenters. The van der Waals surface area contributed by atoms with Gasteiger partial charge in [0.2, 0.25) is 29.5 Å². The van der Waals surface area contributed by atoms with E-state index in [1.54, 1.807) is 30.7 Å². The zero-order chi connectivity index (χ0) is 52.2. The van der Waals surface area contributed by atoms with Gasteiger partial charge in [0.1, 0.15) is 17.2 Å². The SMILES string of the molecule is CC(C)n1cnc2cc(-c3ccc4c(c3)N([C@H]3C[C@@H](N5CCCCC5)C3)C(=O)C43CCN(C(=O)C4CCN(C(=O)CN5CCN(c6ccc(C7CCC(=O)NC7=O)cn6)CC5)CC4)CC3)nc(Nc3ccccc3F)c21. The predicted octanol–water partition coefficient (Wildman–Crippen LogP) is 6.76. The molecule has 9 heterocycles. The summed E-state index contributed by atoms with van der Waals surface area (Å²) in [5.41, 5.74) is 5.38. The number of carbonyl (C=O) groups excluding carboxylic acids is 5. The van der Waals surface area contributed by atoms with Gasteiger partial charge in [-0.2, -0.15) is 0 Å². The lowest BCUT2D eigenvalue weighted by molar-refractivity contribution is -0.143. The second kappa shape index (κ2) is 20.6. The number of hydrogen-bond acceptors (Lipinski definition) is 12. The number of imidazole rings is 1. The Morgan fingerprint density at radius 1 is 0.816 bits per heavy atom. The van der Waals surface area contributed by atoms with Crippen LogP contribution in [0.4, 0.5) is 27.4 Å². The summed E-state index contributed by atoms with van der Waals surface area (Å²) < 4.78 is 17.2. The highest BCUT2D eigenvalue weighted by Crippen LogP contribution is 2.52. The Morgan fingerprint density at radius 3 is 2.29 bits per heavy atom. The maximum absolute atomic E-state index is 15.3. The van der Waals surface area contributed by atoms with Crippen molar-refractivity contribution in [3.05, 3.63) is 90.1 Å². The van der Waals surface area contributed by atoms with Gasteiger partial charge in [-0.15, -0.1) is 0 Å². The highest BCUT2D eigenvalue weighted by molar-refractivity contribution is 6.09. The van der Waals surface area contributed by atoms with E-state index >= 15 is 9.18 Å². The topological polar surface area (TPSA) is 172 Å². The summed E-state index contributed by atoms with van der Waals surface area (Å²) in [5, 5.41) is 5.71. The first-order chi connectivity index (χ1) is 36.9. The van der Waals surface area contributed by atoms with E-state index in [2.05, 4.69) is 67.3 Å². The van der Waals surface area contributed by atoms with Crippen LogP contribution in [-0.4, -0.2) is 153 Å². The van der Waals surface area contributed by atoms with Crippen LogP contribution in [0.1, 0.15) is 108 Å². The Morgan fingerprint density at radius 2 is 1.58 bits per heavy atom. The minimum absolute atomic E-state index is 0.0794. The molecule has 7 aliphatic rings. The van der Waals surface area contributed by atoms with Gasteiger partial charge in [0.05, 0.1) is 41.1 Å². The Kier molecular flexibility index (Phi) is 13.6. The number of rotatable bonds is 11. The summed E-state index contributed by atoms with van der Waals surface area (Å²) in [6, 6.07) is 19.4. The van der Waals surface area contributed by atoms with E-state index in [1.807, 2.05) is 32.6 Å². The standard InChI is InChI=1S/C58H69FN12O5/c1-37(2)70-36-61-48-33-47(63-54(53(48)70)62-46-9-5-4-8-45(46)59)39-10-13-44-49(30-39)71(42-31-41(32-42)66-20-6-3-7-21-66)57(76)58(44)18-24-69(25-19-58)56(75)38-16-22-68(23-17-38)52(73)35-65-26-28-67(29-27-65)50-14-11-40(34-60-50)43-12-15-51(72)64-55(43)74/h4-5,8-11,13-14,30,33-34,36-38,41-43H,3,6-7,12,15-29,31-32,35H2,1-2H3,(H,62,63)(H,64,72,74)/t41-,42+,43?. The molecule has 5 saturated heterocycles. The molecule has 6 aliphatic heterocycles. The van der Waals surface area contributed by atoms with E-state index in [1.165, 1.54) is 25.3 Å². The lowest BCUT2D eigenvalue weighted by Crippen LogP contribution is -2.58. The zero-order valence-electron chi connectivity index (χ0n) is 43.8. The lowest BCUT2D eigenvalue weighted by atomic mass is 9.73. The molecular formula is C58H69FN12O5. The number of piperidine rings is 4. The summed E-state index contributed by atoms with van der Waals surface area (Å²) in [7, 11) is 0. The first-order valence-corrected chi connectivity index (χ1v) is 27.9. The van der Waals surface area contributed by atoms with Crippen LogP contribution >= 0.6 is 0 Å². The number of amides is 5. The van der Waals surface area contributed by atoms with Gasteiger partial charge in [0, 0.05) is 100 Å². The Hall–Kier alpha value is -6.79. The molecule has 398 valence electrons. The molecule has 2 N–H and O–H groups in total. The number of imide groups is 1. The molecule has 12 rings (SSSR count). The average molecular weight is 1030 g/mol. The normalized spacial score (nSPS) is 23.6. The van der Waals surface area contributed by atoms with Crippen LogP contribution in [0.2, 0.25) is 0 Å². The maximum atomic E-state index is 15.3. The Labute approximate surface area is 443 Å². The van der Waals surface area contributed by atoms with Gasteiger partial charge in [0.25, 0.3) is 0 Å². The zero-order valence-corrected chi connectivity index (χ0v) is 43.8. The van der Waals surface area contributed by atoms with Gasteiger partial charge in [0.15, 0.2) is 5.82 Å². The van der Waals surface area contributed by atoms with Crippen molar-refractivity contribution in [3.8, 4) is 11.3 Å². The number of nitrogens with zero attached hydrogens (tertiary/aromatic N) is 10. The van der Waals surface area contributed by atoms with Gasteiger partial charge in [-0.1, -0.05) is 36.8 Å². The second-order valence-corrected chi connectivity index (χ2v) is 22.6. The van der Waals surface area contributed by atoms with E-state index in [0.717, 1.165) is 91.3 Å². The molecule has 2 aromatic carbocycles. The van der Waals surface area contributed by atoms with Crippen molar-refractivity contribution in [2.75, 3.05) is 87.1 Å². The van der Waals surface area contributed by atoms with Crippen LogP contribution in [0.25, 0.3) is 22.3 Å². The Bertz CT molecular complexity index is 3040. The summed E-state index contributed by atoms with van der Waals surface area (Å²) in [6.07, 6.45) is 12.3. The fourth-order valence-electron chi connectivity index (χ4n) is 13.3. The van der Waals surface area contributed by atoms with Gasteiger partial charge in [-0.05, 0) is 126 Å². The number of anilines is 4. The first kappa shape index (κ1) is 50.1. The summed E-state index contributed by atoms with van der Waals surface area (Å²) in [5.74, 6) is 0.264. The van der Waals surface area contributed by atoms with Crippen LogP contribution in [0.3, 0.4) is 0 Å². The molecule has 1 spiro atoms. The van der Waals surface area contributed by atoms with Gasteiger partial charge in [-0.25, -0.2) is 19.3 Å². The average Bonchev–Trinajstić information content (AvgIpc) is 3.98. The molecular weight excluding hydrogens is 964 g/mol. The minimum Gasteiger partial charge on any atom is -0.354 e. The van der Waals surface area contributed by atoms with Gasteiger partial charge < -0.3 is 34.4 Å². The number of piperazine rings is 1. The monoisotopic (exact) mass is 1030 g/mol. The quantitative estimate of drug-likeness (QED) is 0.133. The number of hydrogen-bond donors (Lipinski definition) is 2. The van der Waals surface area contributed by atoms with Crippen LogP contribution in [0, 0.1) is 11.7 Å². The number of benzene rings is 2. The van der Waals surface area contributed by atoms with Crippen molar-refractivity contribution in [1.82, 2.24) is 44.4 Å². The fourth-order valence-corrected chi connectivity index (χ4v) is 13.3. The molecule has 3 aromatic heterocycles. The number of nitrogens with one attached hydrogen (secondary N) is 2. The lowest BCUT2D eigenvalue weighted by Gasteiger charge is -2.48. The molecule has 6 fully saturated rings. The van der Waals surface area contributed by atoms with Crippen molar-refractivity contribution in [1.29, 1.82) is 0 Å². The summed E-state index contributed by atoms with van der Waals surface area (Å²) in [4.78, 5) is 94.7. The summed E-state index contributed by atoms with van der Waals surface area (Å²) in [6.45, 7) is 11.7. The maximum Gasteiger partial charge on any atom is 0.238 e. The van der Waals surface area contributed by atoms with Crippen molar-refractivity contribution < 1.29 is 28.4 Å². The van der Waals surface area contributed by atoms with Crippen LogP contribution < -0.4 is 20.4 Å². The number of halogens is 1. The van der Waals surface area contributed by atoms with Crippen molar-refractivity contribution in [3.63, 3.8) is 0 Å². The van der Waals surface area contributed by atoms with E-state index in [-0.39, 0.29) is 59.3 Å². The molecule has 0 bridgehead atoms. The van der Waals surface area contributed by atoms with E-state index in [9.17, 15) is 19.2 Å². The largest absolute Gasteiger partial charge is 0.354 e. The second-order valence-electron chi connectivity index (χ2n) is 22.6. The molecule has 18 heteroatoms. The molecule has 5 aromatic rings. The van der Waals surface area contributed by atoms with Crippen molar-refractivity contribution >= 4 is 63.6 Å². The predicted molar refractivity (Wildman–Crippen MR) is 288 cm³/mol. The number of para-hydroxylation sites is 1. The van der Waals surface area contributed by atoms with Crippen LogP contribution in [0.15, 0.2) is 73.2 Å². The third kappa shape index (κ3) is 9.38. The molecule has 1 atom stereocenters. The Balaban J connectivity index is 0.697. The molecule has 1 aliphatic carbocycles. The highest BCUT2D eigenvalue weighted by Gasteiger charge is 2.56.